The molecule has 0 radical (unpaired) electrons. The van der Waals surface area contributed by atoms with Gasteiger partial charge in [-0.15, -0.1) is 0 Å². The highest BCUT2D eigenvalue weighted by Gasteiger charge is 2.19. The maximum Gasteiger partial charge on any atom is 0.138 e. The first-order chi connectivity index (χ1) is 13.3. The number of H-pyrrole nitrogens is 2. The molecule has 0 amide bonds. The van der Waals surface area contributed by atoms with Crippen LogP contribution < -0.4 is 5.32 Å². The summed E-state index contributed by atoms with van der Waals surface area (Å²) in [6.07, 6.45) is 7.46. The molecule has 3 aromatic heterocycles. The molecule has 1 aromatic carbocycles. The van der Waals surface area contributed by atoms with Gasteiger partial charge in [0.1, 0.15) is 5.65 Å². The van der Waals surface area contributed by atoms with Gasteiger partial charge < -0.3 is 15.3 Å². The van der Waals surface area contributed by atoms with Gasteiger partial charge in [0.15, 0.2) is 0 Å². The van der Waals surface area contributed by atoms with E-state index in [1.54, 1.807) is 0 Å². The zero-order valence-corrected chi connectivity index (χ0v) is 16.0. The Morgan fingerprint density at radius 1 is 1.15 bits per heavy atom. The lowest BCUT2D eigenvalue weighted by molar-refractivity contribution is 0.460. The summed E-state index contributed by atoms with van der Waals surface area (Å²) in [5.41, 5.74) is 8.78. The van der Waals surface area contributed by atoms with Crippen molar-refractivity contribution in [2.75, 3.05) is 13.1 Å². The first-order valence-electron chi connectivity index (χ1n) is 10.0. The van der Waals surface area contributed by atoms with Crippen LogP contribution in [0.4, 0.5) is 0 Å². The first kappa shape index (κ1) is 16.6. The molecule has 4 aromatic rings. The van der Waals surface area contributed by atoms with Gasteiger partial charge in [-0.3, -0.25) is 0 Å². The number of nitrogens with zero attached hydrogens (tertiary/aromatic N) is 1. The molecule has 0 unspecified atom stereocenters. The van der Waals surface area contributed by atoms with E-state index in [9.17, 15) is 0 Å². The summed E-state index contributed by atoms with van der Waals surface area (Å²) in [4.78, 5) is 11.5. The van der Waals surface area contributed by atoms with Gasteiger partial charge in [-0.25, -0.2) is 4.98 Å². The number of aromatic nitrogens is 3. The van der Waals surface area contributed by atoms with Crippen molar-refractivity contribution in [2.45, 2.75) is 39.0 Å². The molecule has 0 atom stereocenters. The number of fused-ring (bicyclic) bond motifs is 2. The Balaban J connectivity index is 1.66. The van der Waals surface area contributed by atoms with E-state index in [0.29, 0.717) is 5.92 Å². The Labute approximate surface area is 159 Å². The maximum absolute atomic E-state index is 4.52. The number of aromatic amines is 2. The summed E-state index contributed by atoms with van der Waals surface area (Å²) in [5, 5.41) is 6.06. The van der Waals surface area contributed by atoms with E-state index in [0.717, 1.165) is 25.2 Å². The average Bonchev–Trinajstić information content (AvgIpc) is 3.29. The summed E-state index contributed by atoms with van der Waals surface area (Å²) in [5.74, 6) is 0.678. The number of hydrogen-bond donors (Lipinski definition) is 3. The number of benzene rings is 1. The van der Waals surface area contributed by atoms with Gasteiger partial charge in [0.2, 0.25) is 0 Å². The van der Waals surface area contributed by atoms with Gasteiger partial charge >= 0.3 is 0 Å². The molecule has 27 heavy (non-hydrogen) atoms. The summed E-state index contributed by atoms with van der Waals surface area (Å²) in [6, 6.07) is 9.13. The molecule has 0 saturated carbocycles. The van der Waals surface area contributed by atoms with Crippen LogP contribution in [0, 0.1) is 6.92 Å². The topological polar surface area (TPSA) is 56.5 Å². The predicted octanol–water partition coefficient (Wildman–Crippen LogP) is 5.05. The Hall–Kier alpha value is -2.59. The quantitative estimate of drug-likeness (QED) is 0.480. The van der Waals surface area contributed by atoms with Crippen molar-refractivity contribution in [3.63, 3.8) is 0 Å². The molecule has 5 rings (SSSR count). The SMILES string of the molecule is CCc1c[nH]c2nccc(-c3[nH]c4ccc(C5CCNCC5)cc4c3C)c12. The summed E-state index contributed by atoms with van der Waals surface area (Å²) >= 11 is 0. The van der Waals surface area contributed by atoms with E-state index in [4.69, 9.17) is 0 Å². The number of piperidine rings is 1. The third-order valence-electron chi connectivity index (χ3n) is 6.20. The van der Waals surface area contributed by atoms with Crippen LogP contribution in [0.15, 0.2) is 36.7 Å². The third-order valence-corrected chi connectivity index (χ3v) is 6.20. The third kappa shape index (κ3) is 2.67. The van der Waals surface area contributed by atoms with E-state index in [-0.39, 0.29) is 0 Å². The van der Waals surface area contributed by atoms with Crippen LogP contribution in [0.5, 0.6) is 0 Å². The Morgan fingerprint density at radius 2 is 2.00 bits per heavy atom. The smallest absolute Gasteiger partial charge is 0.138 e. The van der Waals surface area contributed by atoms with Gasteiger partial charge in [0.25, 0.3) is 0 Å². The molecular formula is C23H26N4. The molecule has 1 saturated heterocycles. The largest absolute Gasteiger partial charge is 0.354 e. The lowest BCUT2D eigenvalue weighted by atomic mass is 9.89. The highest BCUT2D eigenvalue weighted by Crippen LogP contribution is 2.36. The van der Waals surface area contributed by atoms with Gasteiger partial charge in [-0.2, -0.15) is 0 Å². The molecule has 4 heterocycles. The lowest BCUT2D eigenvalue weighted by Crippen LogP contribution is -2.26. The van der Waals surface area contributed by atoms with E-state index in [2.05, 4.69) is 64.6 Å². The summed E-state index contributed by atoms with van der Waals surface area (Å²) in [6.45, 7) is 6.69. The zero-order valence-electron chi connectivity index (χ0n) is 16.0. The van der Waals surface area contributed by atoms with Crippen LogP contribution in [0.2, 0.25) is 0 Å². The van der Waals surface area contributed by atoms with Crippen molar-refractivity contribution in [2.24, 2.45) is 0 Å². The van der Waals surface area contributed by atoms with E-state index in [1.165, 1.54) is 57.1 Å². The minimum absolute atomic E-state index is 0.678. The monoisotopic (exact) mass is 358 g/mol. The molecular weight excluding hydrogens is 332 g/mol. The Morgan fingerprint density at radius 3 is 2.81 bits per heavy atom. The number of nitrogens with one attached hydrogen (secondary N) is 3. The fourth-order valence-electron chi connectivity index (χ4n) is 4.63. The lowest BCUT2D eigenvalue weighted by Gasteiger charge is -2.23. The van der Waals surface area contributed by atoms with Gasteiger partial charge in [0, 0.05) is 34.2 Å². The number of hydrogen-bond acceptors (Lipinski definition) is 2. The number of aryl methyl sites for hydroxylation is 2. The Bertz CT molecular complexity index is 1110. The van der Waals surface area contributed by atoms with Crippen LogP contribution in [0.3, 0.4) is 0 Å². The van der Waals surface area contributed by atoms with Crippen LogP contribution in [-0.2, 0) is 6.42 Å². The minimum Gasteiger partial charge on any atom is -0.354 e. The van der Waals surface area contributed by atoms with Crippen LogP contribution >= 0.6 is 0 Å². The van der Waals surface area contributed by atoms with E-state index < -0.39 is 0 Å². The number of pyridine rings is 1. The first-order valence-corrected chi connectivity index (χ1v) is 10.0. The molecule has 0 spiro atoms. The molecule has 4 heteroatoms. The normalized spacial score (nSPS) is 15.8. The minimum atomic E-state index is 0.678. The van der Waals surface area contributed by atoms with Crippen molar-refractivity contribution >= 4 is 21.9 Å². The van der Waals surface area contributed by atoms with Crippen molar-refractivity contribution in [1.82, 2.24) is 20.3 Å². The number of rotatable bonds is 3. The van der Waals surface area contributed by atoms with Crippen LogP contribution in [0.25, 0.3) is 33.2 Å². The highest BCUT2D eigenvalue weighted by atomic mass is 14.9. The predicted molar refractivity (Wildman–Crippen MR) is 112 cm³/mol. The van der Waals surface area contributed by atoms with Crippen molar-refractivity contribution in [1.29, 1.82) is 0 Å². The Kier molecular flexibility index (Phi) is 4.01. The summed E-state index contributed by atoms with van der Waals surface area (Å²) in [7, 11) is 0. The van der Waals surface area contributed by atoms with Gasteiger partial charge in [-0.1, -0.05) is 13.0 Å². The molecule has 4 nitrogen and oxygen atoms in total. The van der Waals surface area contributed by atoms with Crippen molar-refractivity contribution < 1.29 is 0 Å². The fraction of sp³-hybridized carbons (Fsp3) is 0.348. The van der Waals surface area contributed by atoms with Gasteiger partial charge in [0.05, 0.1) is 5.69 Å². The molecule has 0 bridgehead atoms. The van der Waals surface area contributed by atoms with Crippen molar-refractivity contribution in [3.05, 3.63) is 53.3 Å². The molecule has 0 aliphatic carbocycles. The van der Waals surface area contributed by atoms with Crippen LogP contribution in [0.1, 0.15) is 42.4 Å². The molecule has 1 fully saturated rings. The molecule has 1 aliphatic heterocycles. The molecule has 3 N–H and O–H groups in total. The zero-order chi connectivity index (χ0) is 18.4. The summed E-state index contributed by atoms with van der Waals surface area (Å²) < 4.78 is 0. The second-order valence-corrected chi connectivity index (χ2v) is 7.70. The van der Waals surface area contributed by atoms with E-state index in [1.807, 2.05) is 6.20 Å². The standard InChI is InChI=1S/C23H26N4/c1-3-15-13-26-23-21(15)18(8-11-25-23)22-14(2)19-12-17(4-5-20(19)27-22)16-6-9-24-10-7-16/h4-5,8,11-13,16,24,27H,3,6-7,9-10H2,1-2H3,(H,25,26). The fourth-order valence-corrected chi connectivity index (χ4v) is 4.63. The maximum atomic E-state index is 4.52. The van der Waals surface area contributed by atoms with E-state index >= 15 is 0 Å². The second-order valence-electron chi connectivity index (χ2n) is 7.70. The van der Waals surface area contributed by atoms with Gasteiger partial charge in [-0.05, 0) is 80.1 Å². The average molecular weight is 358 g/mol. The molecule has 138 valence electrons. The van der Waals surface area contributed by atoms with Crippen molar-refractivity contribution in [3.8, 4) is 11.3 Å². The highest BCUT2D eigenvalue weighted by molar-refractivity contribution is 6.00. The molecule has 1 aliphatic rings. The van der Waals surface area contributed by atoms with Crippen LogP contribution in [-0.4, -0.2) is 28.0 Å². The second kappa shape index (κ2) is 6.54.